The summed E-state index contributed by atoms with van der Waals surface area (Å²) in [5.41, 5.74) is 0.529. The summed E-state index contributed by atoms with van der Waals surface area (Å²) in [6, 6.07) is 12.4. The fraction of sp³-hybridized carbons (Fsp3) is 0.300. The number of nitrogens with one attached hydrogen (secondary N) is 2. The first kappa shape index (κ1) is 19.3. The lowest BCUT2D eigenvalue weighted by Crippen LogP contribution is -2.32. The number of hydrogen-bond donors (Lipinski definition) is 2. The monoisotopic (exact) mass is 383 g/mol. The lowest BCUT2D eigenvalue weighted by Gasteiger charge is -2.13. The first-order valence-corrected chi connectivity index (χ1v) is 9.10. The number of anilines is 1. The highest BCUT2D eigenvalue weighted by Gasteiger charge is 2.16. The van der Waals surface area contributed by atoms with Crippen molar-refractivity contribution in [2.24, 2.45) is 0 Å². The van der Waals surface area contributed by atoms with Gasteiger partial charge in [0, 0.05) is 23.4 Å². The highest BCUT2D eigenvalue weighted by Crippen LogP contribution is 2.25. The minimum Gasteiger partial charge on any atom is -0.490 e. The zero-order valence-corrected chi connectivity index (χ0v) is 15.2. The number of ether oxygens (including phenoxy) is 1. The van der Waals surface area contributed by atoms with E-state index in [1.807, 2.05) is 0 Å². The maximum absolute atomic E-state index is 12.1. The van der Waals surface area contributed by atoms with Crippen LogP contribution in [0.1, 0.15) is 36.0 Å². The van der Waals surface area contributed by atoms with Crippen LogP contribution in [0.3, 0.4) is 0 Å². The molecule has 0 aliphatic heterocycles. The van der Waals surface area contributed by atoms with Crippen molar-refractivity contribution in [3.63, 3.8) is 0 Å². The second-order valence-electron chi connectivity index (χ2n) is 6.59. The van der Waals surface area contributed by atoms with Crippen molar-refractivity contribution in [2.75, 3.05) is 11.9 Å². The molecular weight excluding hydrogens is 362 g/mol. The minimum absolute atomic E-state index is 0.121. The van der Waals surface area contributed by atoms with Crippen LogP contribution in [0.15, 0.2) is 48.5 Å². The van der Waals surface area contributed by atoms with Gasteiger partial charge in [-0.05, 0) is 56.0 Å². The molecule has 0 bridgehead atoms. The Morgan fingerprint density at radius 3 is 2.50 bits per heavy atom. The Hall–Kier alpha value is -3.42. The molecule has 1 aliphatic carbocycles. The van der Waals surface area contributed by atoms with Crippen molar-refractivity contribution in [3.8, 4) is 5.75 Å². The molecular formula is C20H21N3O5. The third kappa shape index (κ3) is 5.29. The zero-order chi connectivity index (χ0) is 19.9. The number of nitrogens with zero attached hydrogens (tertiary/aromatic N) is 1. The molecule has 0 aromatic heterocycles. The van der Waals surface area contributed by atoms with Crippen molar-refractivity contribution < 1.29 is 19.2 Å². The van der Waals surface area contributed by atoms with E-state index in [1.165, 1.54) is 31.0 Å². The van der Waals surface area contributed by atoms with Gasteiger partial charge in [0.05, 0.1) is 17.6 Å². The Bertz CT molecular complexity index is 860. The van der Waals surface area contributed by atoms with Crippen LogP contribution in [0, 0.1) is 10.1 Å². The van der Waals surface area contributed by atoms with E-state index >= 15 is 0 Å². The molecule has 3 rings (SSSR count). The van der Waals surface area contributed by atoms with Crippen LogP contribution in [0.5, 0.6) is 5.75 Å². The Kier molecular flexibility index (Phi) is 6.21. The van der Waals surface area contributed by atoms with Crippen molar-refractivity contribution >= 4 is 23.2 Å². The molecule has 0 radical (unpaired) electrons. The van der Waals surface area contributed by atoms with E-state index in [-0.39, 0.29) is 23.9 Å². The number of nitro benzene ring substituents is 1. The van der Waals surface area contributed by atoms with Crippen LogP contribution in [-0.2, 0) is 4.79 Å². The summed E-state index contributed by atoms with van der Waals surface area (Å²) in [5.74, 6) is -0.189. The molecule has 8 nitrogen and oxygen atoms in total. The maximum atomic E-state index is 12.1. The normalized spacial score (nSPS) is 13.7. The maximum Gasteiger partial charge on any atom is 0.270 e. The topological polar surface area (TPSA) is 111 Å². The predicted molar refractivity (Wildman–Crippen MR) is 103 cm³/mol. The van der Waals surface area contributed by atoms with Crippen LogP contribution >= 0.6 is 0 Å². The predicted octanol–water partition coefficient (Wildman–Crippen LogP) is 3.28. The summed E-state index contributed by atoms with van der Waals surface area (Å²) in [6.45, 7) is -0.248. The highest BCUT2D eigenvalue weighted by molar-refractivity contribution is 5.99. The fourth-order valence-electron chi connectivity index (χ4n) is 3.04. The molecule has 1 fully saturated rings. The van der Waals surface area contributed by atoms with Gasteiger partial charge in [0.25, 0.3) is 11.6 Å². The van der Waals surface area contributed by atoms with Gasteiger partial charge < -0.3 is 15.4 Å². The van der Waals surface area contributed by atoms with E-state index in [1.54, 1.807) is 24.3 Å². The second-order valence-corrected chi connectivity index (χ2v) is 6.59. The van der Waals surface area contributed by atoms with Gasteiger partial charge in [0.1, 0.15) is 5.75 Å². The Morgan fingerprint density at radius 2 is 1.82 bits per heavy atom. The number of rotatable bonds is 7. The molecule has 2 aromatic carbocycles. The van der Waals surface area contributed by atoms with Gasteiger partial charge in [-0.3, -0.25) is 19.7 Å². The molecule has 8 heteroatoms. The molecule has 0 unspecified atom stereocenters. The van der Waals surface area contributed by atoms with Crippen molar-refractivity contribution in [1.29, 1.82) is 0 Å². The molecule has 1 aliphatic rings. The van der Waals surface area contributed by atoms with E-state index in [0.29, 0.717) is 5.69 Å². The van der Waals surface area contributed by atoms with Crippen molar-refractivity contribution in [3.05, 3.63) is 64.2 Å². The molecule has 0 atom stereocenters. The molecule has 2 aromatic rings. The third-order valence-corrected chi connectivity index (χ3v) is 4.47. The summed E-state index contributed by atoms with van der Waals surface area (Å²) >= 11 is 0. The van der Waals surface area contributed by atoms with E-state index in [4.69, 9.17) is 4.74 Å². The fourth-order valence-corrected chi connectivity index (χ4v) is 3.04. The van der Waals surface area contributed by atoms with Crippen LogP contribution in [-0.4, -0.2) is 29.4 Å². The van der Waals surface area contributed by atoms with E-state index in [0.717, 1.165) is 24.7 Å². The van der Waals surface area contributed by atoms with Gasteiger partial charge in [-0.2, -0.15) is 0 Å². The zero-order valence-electron chi connectivity index (χ0n) is 15.2. The number of nitro groups is 1. The quantitative estimate of drug-likeness (QED) is 0.563. The Balaban J connectivity index is 1.47. The molecule has 2 N–H and O–H groups in total. The van der Waals surface area contributed by atoms with E-state index in [9.17, 15) is 19.7 Å². The standard InChI is InChI=1S/C20H21N3O5/c24-19(13-21-20(25)14-4-3-5-16(12-14)23(26)27)22-15-8-10-18(11-9-15)28-17-6-1-2-7-17/h3-5,8-12,17H,1-2,6-7,13H2,(H,21,25)(H,22,24). The van der Waals surface area contributed by atoms with Crippen LogP contribution in [0.4, 0.5) is 11.4 Å². The molecule has 1 saturated carbocycles. The summed E-state index contributed by atoms with van der Waals surface area (Å²) in [5, 5.41) is 15.9. The van der Waals surface area contributed by atoms with Crippen molar-refractivity contribution in [1.82, 2.24) is 5.32 Å². The van der Waals surface area contributed by atoms with Gasteiger partial charge in [-0.15, -0.1) is 0 Å². The molecule has 0 spiro atoms. The molecule has 28 heavy (non-hydrogen) atoms. The SMILES string of the molecule is O=C(CNC(=O)c1cccc([N+](=O)[O-])c1)Nc1ccc(OC2CCCC2)cc1. The average Bonchev–Trinajstić information content (AvgIpc) is 3.21. The Labute approximate surface area is 162 Å². The first-order valence-electron chi connectivity index (χ1n) is 9.10. The van der Waals surface area contributed by atoms with Gasteiger partial charge >= 0.3 is 0 Å². The number of benzene rings is 2. The van der Waals surface area contributed by atoms with Crippen molar-refractivity contribution in [2.45, 2.75) is 31.8 Å². The molecule has 0 saturated heterocycles. The number of hydrogen-bond acceptors (Lipinski definition) is 5. The van der Waals surface area contributed by atoms with Crippen LogP contribution in [0.25, 0.3) is 0 Å². The largest absolute Gasteiger partial charge is 0.490 e. The summed E-state index contributed by atoms with van der Waals surface area (Å²) < 4.78 is 5.87. The molecule has 0 heterocycles. The number of non-ortho nitro benzene ring substituents is 1. The van der Waals surface area contributed by atoms with Crippen LogP contribution in [0.2, 0.25) is 0 Å². The summed E-state index contributed by atoms with van der Waals surface area (Å²) in [4.78, 5) is 34.3. The number of carbonyl (C=O) groups excluding carboxylic acids is 2. The lowest BCUT2D eigenvalue weighted by atomic mass is 10.2. The van der Waals surface area contributed by atoms with Gasteiger partial charge in [0.2, 0.25) is 5.91 Å². The summed E-state index contributed by atoms with van der Waals surface area (Å²) in [7, 11) is 0. The van der Waals surface area contributed by atoms with E-state index in [2.05, 4.69) is 10.6 Å². The van der Waals surface area contributed by atoms with Crippen LogP contribution < -0.4 is 15.4 Å². The average molecular weight is 383 g/mol. The van der Waals surface area contributed by atoms with Gasteiger partial charge in [0.15, 0.2) is 0 Å². The van der Waals surface area contributed by atoms with Gasteiger partial charge in [-0.1, -0.05) is 6.07 Å². The first-order chi connectivity index (χ1) is 13.5. The molecule has 146 valence electrons. The minimum atomic E-state index is -0.580. The molecule has 2 amide bonds. The lowest BCUT2D eigenvalue weighted by molar-refractivity contribution is -0.384. The highest BCUT2D eigenvalue weighted by atomic mass is 16.6. The third-order valence-electron chi connectivity index (χ3n) is 4.47. The summed E-state index contributed by atoms with van der Waals surface area (Å²) in [6.07, 6.45) is 4.80. The second kappa shape index (κ2) is 8.98. The smallest absolute Gasteiger partial charge is 0.270 e. The van der Waals surface area contributed by atoms with E-state index < -0.39 is 16.7 Å². The van der Waals surface area contributed by atoms with Gasteiger partial charge in [-0.25, -0.2) is 0 Å². The number of amides is 2. The Morgan fingerprint density at radius 1 is 1.11 bits per heavy atom. The number of carbonyl (C=O) groups is 2.